The fourth-order valence-electron chi connectivity index (χ4n) is 2.47. The molecule has 1 aromatic heterocycles. The Bertz CT molecular complexity index is 1050. The third kappa shape index (κ3) is 3.80. The van der Waals surface area contributed by atoms with Crippen molar-refractivity contribution in [3.8, 4) is 0 Å². The Morgan fingerprint density at radius 3 is 2.71 bits per heavy atom. The van der Waals surface area contributed by atoms with Gasteiger partial charge >= 0.3 is 0 Å². The molecule has 0 fully saturated rings. The summed E-state index contributed by atoms with van der Waals surface area (Å²) in [5.74, 6) is 0.211. The summed E-state index contributed by atoms with van der Waals surface area (Å²) in [4.78, 5) is 17.5. The molecule has 0 spiro atoms. The molecule has 1 N–H and O–H groups in total. The maximum absolute atomic E-state index is 12.4. The molecule has 0 atom stereocenters. The summed E-state index contributed by atoms with van der Waals surface area (Å²) < 4.78 is 5.78. The zero-order valence-electron chi connectivity index (χ0n) is 15.0. The SMILES string of the molecule is CC(C)C1=NN2C(=N)C(=Cc3ccc(Sc4ccc(Cl)cc4)o3)C(=O)N=C2S1. The van der Waals surface area contributed by atoms with Crippen LogP contribution in [0.25, 0.3) is 6.08 Å². The number of carbonyl (C=O) groups is 1. The van der Waals surface area contributed by atoms with Gasteiger partial charge in [-0.1, -0.05) is 37.2 Å². The fourth-order valence-corrected chi connectivity index (χ4v) is 4.26. The molecule has 0 aliphatic carbocycles. The number of aliphatic imine (C=N–C) groups is 1. The van der Waals surface area contributed by atoms with Crippen molar-refractivity contribution in [1.29, 1.82) is 5.41 Å². The monoisotopic (exact) mass is 430 g/mol. The second-order valence-corrected chi connectivity index (χ2v) is 8.83. The van der Waals surface area contributed by atoms with E-state index < -0.39 is 5.91 Å². The van der Waals surface area contributed by atoms with Gasteiger partial charge in [-0.05, 0) is 54.2 Å². The minimum atomic E-state index is -0.465. The quantitative estimate of drug-likeness (QED) is 0.660. The van der Waals surface area contributed by atoms with Gasteiger partial charge in [0.05, 0.1) is 5.57 Å². The highest BCUT2D eigenvalue weighted by Gasteiger charge is 2.36. The summed E-state index contributed by atoms with van der Waals surface area (Å²) >= 11 is 8.67. The summed E-state index contributed by atoms with van der Waals surface area (Å²) in [7, 11) is 0. The highest BCUT2D eigenvalue weighted by atomic mass is 35.5. The molecule has 2 aliphatic heterocycles. The number of carbonyl (C=O) groups excluding carboxylic acids is 1. The molecule has 0 saturated heterocycles. The number of nitrogens with one attached hydrogen (secondary N) is 1. The highest BCUT2D eigenvalue weighted by Crippen LogP contribution is 2.33. The standard InChI is InChI=1S/C19H15ClN4O2S2/c1-10(2)18-23-24-16(21)14(17(25)22-19(24)28-18)9-12-5-8-15(26-12)27-13-6-3-11(20)4-7-13/h3-10,21H,1-2H3. The predicted molar refractivity (Wildman–Crippen MR) is 114 cm³/mol. The van der Waals surface area contributed by atoms with Crippen LogP contribution in [0.5, 0.6) is 0 Å². The van der Waals surface area contributed by atoms with E-state index in [1.807, 2.05) is 44.2 Å². The Morgan fingerprint density at radius 1 is 1.25 bits per heavy atom. The highest BCUT2D eigenvalue weighted by molar-refractivity contribution is 8.27. The second-order valence-electron chi connectivity index (χ2n) is 6.33. The lowest BCUT2D eigenvalue weighted by Crippen LogP contribution is -2.35. The number of benzene rings is 1. The van der Waals surface area contributed by atoms with Crippen LogP contribution in [-0.4, -0.2) is 27.0 Å². The van der Waals surface area contributed by atoms with Gasteiger partial charge in [-0.25, -0.2) is 0 Å². The number of hydrogen-bond donors (Lipinski definition) is 1. The van der Waals surface area contributed by atoms with Crippen molar-refractivity contribution >= 4 is 63.2 Å². The van der Waals surface area contributed by atoms with Crippen molar-refractivity contribution in [1.82, 2.24) is 5.01 Å². The van der Waals surface area contributed by atoms with E-state index in [1.54, 1.807) is 6.07 Å². The molecule has 1 amide bonds. The molecule has 28 heavy (non-hydrogen) atoms. The van der Waals surface area contributed by atoms with Crippen molar-refractivity contribution in [2.24, 2.45) is 16.0 Å². The number of hydrazone groups is 1. The molecule has 0 bridgehead atoms. The number of amides is 1. The molecule has 9 heteroatoms. The molecule has 0 radical (unpaired) electrons. The fraction of sp³-hybridized carbons (Fsp3) is 0.158. The van der Waals surface area contributed by atoms with E-state index in [0.717, 1.165) is 9.94 Å². The Kier molecular flexibility index (Phi) is 5.18. The van der Waals surface area contributed by atoms with Gasteiger partial charge < -0.3 is 4.42 Å². The first-order valence-corrected chi connectivity index (χ1v) is 10.4. The molecule has 0 saturated carbocycles. The number of halogens is 1. The number of amidine groups is 2. The number of fused-ring (bicyclic) bond motifs is 1. The number of rotatable bonds is 4. The minimum Gasteiger partial charge on any atom is -0.450 e. The van der Waals surface area contributed by atoms with E-state index in [0.29, 0.717) is 21.0 Å². The number of nitrogens with zero attached hydrogens (tertiary/aromatic N) is 3. The van der Waals surface area contributed by atoms with E-state index in [9.17, 15) is 4.79 Å². The first-order chi connectivity index (χ1) is 13.4. The van der Waals surface area contributed by atoms with E-state index in [1.165, 1.54) is 34.6 Å². The van der Waals surface area contributed by atoms with Gasteiger partial charge in [0.2, 0.25) is 5.17 Å². The average molecular weight is 431 g/mol. The zero-order chi connectivity index (χ0) is 19.8. The molecule has 3 heterocycles. The molecule has 6 nitrogen and oxygen atoms in total. The lowest BCUT2D eigenvalue weighted by Gasteiger charge is -2.19. The van der Waals surface area contributed by atoms with E-state index >= 15 is 0 Å². The van der Waals surface area contributed by atoms with Crippen LogP contribution >= 0.6 is 35.1 Å². The van der Waals surface area contributed by atoms with Crippen molar-refractivity contribution in [2.45, 2.75) is 23.8 Å². The van der Waals surface area contributed by atoms with E-state index in [4.69, 9.17) is 21.4 Å². The first-order valence-electron chi connectivity index (χ1n) is 8.44. The van der Waals surface area contributed by atoms with Gasteiger partial charge in [-0.3, -0.25) is 10.2 Å². The van der Waals surface area contributed by atoms with Crippen LogP contribution in [-0.2, 0) is 4.79 Å². The van der Waals surface area contributed by atoms with Crippen LogP contribution in [0.2, 0.25) is 5.02 Å². The van der Waals surface area contributed by atoms with Gasteiger partial charge in [0.15, 0.2) is 10.9 Å². The Labute approximate surface area is 175 Å². The van der Waals surface area contributed by atoms with Crippen LogP contribution < -0.4 is 0 Å². The summed E-state index contributed by atoms with van der Waals surface area (Å²) in [5, 5.41) is 16.8. The summed E-state index contributed by atoms with van der Waals surface area (Å²) in [6, 6.07) is 11.0. The average Bonchev–Trinajstić information content (AvgIpc) is 3.27. The molecule has 2 aromatic rings. The maximum Gasteiger partial charge on any atom is 0.283 e. The summed E-state index contributed by atoms with van der Waals surface area (Å²) in [6.07, 6.45) is 1.53. The van der Waals surface area contributed by atoms with Crippen LogP contribution in [0.15, 0.2) is 66.5 Å². The molecular weight excluding hydrogens is 416 g/mol. The zero-order valence-corrected chi connectivity index (χ0v) is 17.4. The summed E-state index contributed by atoms with van der Waals surface area (Å²) in [5.41, 5.74) is 0.149. The first kappa shape index (κ1) is 19.0. The minimum absolute atomic E-state index is 0.00135. The Morgan fingerprint density at radius 2 is 2.00 bits per heavy atom. The van der Waals surface area contributed by atoms with Gasteiger partial charge in [0.1, 0.15) is 10.8 Å². The van der Waals surface area contributed by atoms with Gasteiger partial charge in [0.25, 0.3) is 5.91 Å². The predicted octanol–water partition coefficient (Wildman–Crippen LogP) is 5.36. The molecule has 1 aromatic carbocycles. The summed E-state index contributed by atoms with van der Waals surface area (Å²) in [6.45, 7) is 4.02. The van der Waals surface area contributed by atoms with Crippen molar-refractivity contribution in [3.63, 3.8) is 0 Å². The molecule has 4 rings (SSSR count). The third-order valence-corrected chi connectivity index (χ3v) is 6.27. The lowest BCUT2D eigenvalue weighted by atomic mass is 10.1. The van der Waals surface area contributed by atoms with Gasteiger partial charge in [-0.15, -0.1) is 0 Å². The van der Waals surface area contributed by atoms with Gasteiger partial charge in [0, 0.05) is 15.8 Å². The largest absolute Gasteiger partial charge is 0.450 e. The number of hydrogen-bond acceptors (Lipinski definition) is 6. The topological polar surface area (TPSA) is 82.0 Å². The third-order valence-electron chi connectivity index (χ3n) is 3.88. The smallest absolute Gasteiger partial charge is 0.283 e. The van der Waals surface area contributed by atoms with Gasteiger partial charge in [-0.2, -0.15) is 15.1 Å². The van der Waals surface area contributed by atoms with Crippen molar-refractivity contribution < 1.29 is 9.21 Å². The van der Waals surface area contributed by atoms with Crippen LogP contribution in [0.3, 0.4) is 0 Å². The van der Waals surface area contributed by atoms with Crippen molar-refractivity contribution in [2.75, 3.05) is 0 Å². The van der Waals surface area contributed by atoms with Crippen LogP contribution in [0.1, 0.15) is 19.6 Å². The van der Waals surface area contributed by atoms with E-state index in [2.05, 4.69) is 10.1 Å². The molecular formula is C19H15ClN4O2S2. The second kappa shape index (κ2) is 7.62. The van der Waals surface area contributed by atoms with E-state index in [-0.39, 0.29) is 17.3 Å². The molecule has 142 valence electrons. The number of furan rings is 1. The normalized spacial score (nSPS) is 18.0. The van der Waals surface area contributed by atoms with Crippen LogP contribution in [0.4, 0.5) is 0 Å². The molecule has 0 unspecified atom stereocenters. The molecule has 2 aliphatic rings. The van der Waals surface area contributed by atoms with Crippen molar-refractivity contribution in [3.05, 3.63) is 52.8 Å². The lowest BCUT2D eigenvalue weighted by molar-refractivity contribution is -0.114. The maximum atomic E-state index is 12.4. The van der Waals surface area contributed by atoms with Crippen LogP contribution in [0, 0.1) is 11.3 Å². The Balaban J connectivity index is 1.56. The number of thioether (sulfide) groups is 1. The Hall–Kier alpha value is -2.29.